The molecule has 158 valence electrons. The molecule has 8 N–H and O–H groups in total. The van der Waals surface area contributed by atoms with Gasteiger partial charge in [-0.25, -0.2) is 0 Å². The predicted octanol–water partition coefficient (Wildman–Crippen LogP) is -0.642. The fourth-order valence-electron chi connectivity index (χ4n) is 3.51. The van der Waals surface area contributed by atoms with E-state index in [9.17, 15) is 34.7 Å². The number of hydrogen-bond acceptors (Lipinski definition) is 10. The maximum absolute atomic E-state index is 12.2. The average molecular weight is 541 g/mol. The molecule has 4 atom stereocenters. The molecule has 3 unspecified atom stereocenters. The first-order chi connectivity index (χ1) is 12.4. The van der Waals surface area contributed by atoms with Crippen LogP contribution in [-0.4, -0.2) is 71.8 Å². The quantitative estimate of drug-likeness (QED) is 0.0696. The van der Waals surface area contributed by atoms with Crippen molar-refractivity contribution >= 4 is 43.8 Å². The molecule has 1 fully saturated rings. The second-order valence-electron chi connectivity index (χ2n) is 6.86. The van der Waals surface area contributed by atoms with E-state index in [1.807, 2.05) is 0 Å². The molecular formula is C13H26IN3O8P2. The number of nitrogens with zero attached hydrogens (tertiary/aromatic N) is 2. The van der Waals surface area contributed by atoms with E-state index >= 15 is 0 Å². The van der Waals surface area contributed by atoms with E-state index in [0.717, 1.165) is 0 Å². The Morgan fingerprint density at radius 3 is 2.52 bits per heavy atom. The minimum atomic E-state index is -5.06. The van der Waals surface area contributed by atoms with Crippen LogP contribution in [0.4, 0.5) is 0 Å². The number of hydrogen-bond donors (Lipinski definition) is 7. The number of aromatic nitrogens is 2. The van der Waals surface area contributed by atoms with Crippen molar-refractivity contribution < 1.29 is 39.6 Å². The van der Waals surface area contributed by atoms with Gasteiger partial charge >= 0.3 is 170 Å². The third-order valence-electron chi connectivity index (χ3n) is 5.42. The molecule has 0 amide bonds. The van der Waals surface area contributed by atoms with Crippen LogP contribution in [0.5, 0.6) is 0 Å². The first-order valence-electron chi connectivity index (χ1n) is 8.18. The second kappa shape index (κ2) is 8.11. The van der Waals surface area contributed by atoms with Gasteiger partial charge in [-0.1, -0.05) is 0 Å². The first kappa shape index (κ1) is 23.4. The fourth-order valence-corrected chi connectivity index (χ4v) is 12.9. The van der Waals surface area contributed by atoms with Crippen molar-refractivity contribution in [3.05, 3.63) is 18.7 Å². The van der Waals surface area contributed by atoms with E-state index in [1.54, 1.807) is 22.6 Å². The van der Waals surface area contributed by atoms with Crippen molar-refractivity contribution in [2.75, 3.05) is 6.54 Å². The summed E-state index contributed by atoms with van der Waals surface area (Å²) < 4.78 is 0.385. The molecule has 0 radical (unpaired) electrons. The summed E-state index contributed by atoms with van der Waals surface area (Å²) in [5.41, 5.74) is 1.95. The van der Waals surface area contributed by atoms with Crippen molar-refractivity contribution in [3.8, 4) is 0 Å². The monoisotopic (exact) mass is 541 g/mol. The standard InChI is InChI=1S/C13H26IN3O8P2/c1-9(14)26(21,22)13(19,7-17-5-4-16-8-17)27(23,24)11-2-3-12(11,25-20)10(18)6-15/h4-5,8-9,11,19-24,26-27H,2-3,6-7,15H2,1H3/t9-,11?,12?,13?/m1/s1. The van der Waals surface area contributed by atoms with Crippen LogP contribution in [0.15, 0.2) is 18.7 Å². The molecule has 1 aliphatic carbocycles. The third kappa shape index (κ3) is 3.59. The molecule has 0 spiro atoms. The molecule has 2 rings (SSSR count). The zero-order valence-corrected chi connectivity index (χ0v) is 18.7. The molecule has 14 heteroatoms. The van der Waals surface area contributed by atoms with E-state index in [1.165, 1.54) is 30.2 Å². The molecule has 0 aliphatic heterocycles. The van der Waals surface area contributed by atoms with Crippen molar-refractivity contribution in [3.63, 3.8) is 0 Å². The topological polar surface area (TPSA) is 192 Å². The van der Waals surface area contributed by atoms with Gasteiger partial charge in [0.1, 0.15) is 0 Å². The van der Waals surface area contributed by atoms with Crippen LogP contribution in [0.3, 0.4) is 0 Å². The van der Waals surface area contributed by atoms with Crippen LogP contribution >= 0.6 is 38.0 Å². The molecular weight excluding hydrogens is 515 g/mol. The molecule has 27 heavy (non-hydrogen) atoms. The van der Waals surface area contributed by atoms with Gasteiger partial charge in [-0.15, -0.1) is 0 Å². The number of aliphatic hydroxyl groups is 1. The van der Waals surface area contributed by atoms with Gasteiger partial charge in [0, 0.05) is 0 Å². The Labute approximate surface area is 170 Å². The Kier molecular flexibility index (Phi) is 7.04. The Hall–Kier alpha value is 0.150. The third-order valence-corrected chi connectivity index (χ3v) is 15.8. The summed E-state index contributed by atoms with van der Waals surface area (Å²) >= 11 is 1.69. The Balaban J connectivity index is 2.55. The summed E-state index contributed by atoms with van der Waals surface area (Å²) in [5, 5.41) is 17.9. The van der Waals surface area contributed by atoms with E-state index in [0.29, 0.717) is 0 Å². The molecule has 1 aliphatic rings. The summed E-state index contributed by atoms with van der Waals surface area (Å²) in [5.74, 6) is -0.767. The summed E-state index contributed by atoms with van der Waals surface area (Å²) in [6.07, 6.45) is 4.06. The minimum absolute atomic E-state index is 0.0257. The van der Waals surface area contributed by atoms with Crippen LogP contribution in [-0.2, 0) is 16.2 Å². The zero-order valence-electron chi connectivity index (χ0n) is 14.6. The molecule has 0 bridgehead atoms. The summed E-state index contributed by atoms with van der Waals surface area (Å²) in [7, 11) is -9.78. The Morgan fingerprint density at radius 2 is 2.15 bits per heavy atom. The van der Waals surface area contributed by atoms with Gasteiger partial charge in [0.05, 0.1) is 0 Å². The molecule has 1 aromatic heterocycles. The fraction of sp³-hybridized carbons (Fsp3) is 0.692. The predicted molar refractivity (Wildman–Crippen MR) is 110 cm³/mol. The Morgan fingerprint density at radius 1 is 1.52 bits per heavy atom. The van der Waals surface area contributed by atoms with Gasteiger partial charge in [-0.05, 0) is 0 Å². The number of rotatable bonds is 9. The molecule has 11 nitrogen and oxygen atoms in total. The van der Waals surface area contributed by atoms with Crippen LogP contribution in [0, 0.1) is 0 Å². The number of imidazole rings is 1. The normalized spacial score (nSPS) is 28.1. The van der Waals surface area contributed by atoms with Gasteiger partial charge in [0.25, 0.3) is 0 Å². The number of carbonyl (C=O) groups is 1. The number of halogens is 1. The van der Waals surface area contributed by atoms with E-state index in [-0.39, 0.29) is 12.8 Å². The van der Waals surface area contributed by atoms with Crippen LogP contribution in [0.1, 0.15) is 19.8 Å². The van der Waals surface area contributed by atoms with Gasteiger partial charge in [0.15, 0.2) is 0 Å². The van der Waals surface area contributed by atoms with E-state index in [4.69, 9.17) is 5.73 Å². The number of carbonyl (C=O) groups excluding carboxylic acids is 1. The molecule has 1 saturated carbocycles. The van der Waals surface area contributed by atoms with Crippen LogP contribution < -0.4 is 5.73 Å². The van der Waals surface area contributed by atoms with E-state index < -0.39 is 54.3 Å². The number of Topliss-reactive ketones (excluding diaryl/α,β-unsaturated/α-hetero) is 1. The van der Waals surface area contributed by atoms with Crippen molar-refractivity contribution in [1.82, 2.24) is 9.55 Å². The van der Waals surface area contributed by atoms with Gasteiger partial charge in [0.2, 0.25) is 0 Å². The van der Waals surface area contributed by atoms with Crippen molar-refractivity contribution in [1.29, 1.82) is 0 Å². The van der Waals surface area contributed by atoms with Crippen molar-refractivity contribution in [2.24, 2.45) is 5.73 Å². The van der Waals surface area contributed by atoms with Crippen molar-refractivity contribution in [2.45, 2.75) is 46.3 Å². The molecule has 1 heterocycles. The maximum atomic E-state index is 12.2. The molecule has 1 aromatic rings. The number of alkyl halides is 1. The average Bonchev–Trinajstić information content (AvgIpc) is 3.06. The van der Waals surface area contributed by atoms with Gasteiger partial charge < -0.3 is 0 Å². The number of nitrogens with two attached hydrogens (primary N) is 1. The first-order valence-corrected chi connectivity index (χ1v) is 13.4. The van der Waals surface area contributed by atoms with Crippen LogP contribution in [0.2, 0.25) is 0 Å². The molecule has 0 saturated heterocycles. The SMILES string of the molecule is C[C@H](I)[PH](O)(O)C(O)(Cn1ccnc1)[PH](O)(O)C1CCC1(OO)C(=O)CN. The van der Waals surface area contributed by atoms with E-state index in [2.05, 4.69) is 9.87 Å². The zero-order chi connectivity index (χ0) is 20.7. The van der Waals surface area contributed by atoms with Gasteiger partial charge in [-0.2, -0.15) is 0 Å². The Bertz CT molecular complexity index is 673. The number of ketones is 1. The second-order valence-corrected chi connectivity index (χ2v) is 16.5. The van der Waals surface area contributed by atoms with Gasteiger partial charge in [-0.3, -0.25) is 0 Å². The molecule has 0 aromatic carbocycles. The summed E-state index contributed by atoms with van der Waals surface area (Å²) in [6, 6.07) is 0. The summed E-state index contributed by atoms with van der Waals surface area (Å²) in [6.45, 7) is 0.344. The van der Waals surface area contributed by atoms with Crippen LogP contribution in [0.25, 0.3) is 0 Å². The summed E-state index contributed by atoms with van der Waals surface area (Å²) in [4.78, 5) is 64.0.